The van der Waals surface area contributed by atoms with E-state index in [1.54, 1.807) is 13.8 Å². The minimum absolute atomic E-state index is 0.102. The zero-order chi connectivity index (χ0) is 26.3. The second-order valence-corrected chi connectivity index (χ2v) is 7.88. The van der Waals surface area contributed by atoms with Crippen LogP contribution in [0.15, 0.2) is 30.6 Å². The fraction of sp³-hybridized carbons (Fsp3) is 0.300. The van der Waals surface area contributed by atoms with E-state index in [1.807, 2.05) is 0 Å². The van der Waals surface area contributed by atoms with E-state index in [2.05, 4.69) is 15.3 Å². The summed E-state index contributed by atoms with van der Waals surface area (Å²) in [6.45, 7) is 3.31. The quantitative estimate of drug-likeness (QED) is 0.274. The number of carbonyl (C=O) groups excluding carboxylic acids is 1. The van der Waals surface area contributed by atoms with Crippen LogP contribution in [0.1, 0.15) is 28.5 Å². The Balaban J connectivity index is 2.06. The van der Waals surface area contributed by atoms with Crippen LogP contribution in [0.25, 0.3) is 16.9 Å². The van der Waals surface area contributed by atoms with Crippen LogP contribution in [0.4, 0.5) is 30.7 Å². The standard InChI is InChI=1S/C20H13Cl2F7N4O2/c1-3-35-17(34)12-4-10(7-30-9(12)2)15-8-33(32-31-15)16-13(21)5-11(6-14(16)22)18(23,19(24,25)26)20(27,28)29/h4-8H,3H2,1-2H3. The predicted molar refractivity (Wildman–Crippen MR) is 110 cm³/mol. The van der Waals surface area contributed by atoms with Gasteiger partial charge in [-0.15, -0.1) is 5.10 Å². The molecule has 0 spiro atoms. The molecule has 0 aliphatic rings. The number of nitrogens with zero attached hydrogens (tertiary/aromatic N) is 4. The number of aromatic nitrogens is 4. The summed E-state index contributed by atoms with van der Waals surface area (Å²) in [4.78, 5) is 16.2. The van der Waals surface area contributed by atoms with Crippen molar-refractivity contribution in [3.63, 3.8) is 0 Å². The molecule has 15 heteroatoms. The van der Waals surface area contributed by atoms with Gasteiger partial charge in [0.1, 0.15) is 11.4 Å². The van der Waals surface area contributed by atoms with E-state index >= 15 is 0 Å². The maximum atomic E-state index is 14.4. The monoisotopic (exact) mass is 544 g/mol. The van der Waals surface area contributed by atoms with Gasteiger partial charge < -0.3 is 4.74 Å². The van der Waals surface area contributed by atoms with Crippen molar-refractivity contribution in [3.05, 3.63) is 57.5 Å². The van der Waals surface area contributed by atoms with Gasteiger partial charge in [0.15, 0.2) is 0 Å². The number of hydrogen-bond acceptors (Lipinski definition) is 5. The fourth-order valence-corrected chi connectivity index (χ4v) is 3.73. The molecule has 0 atom stereocenters. The number of alkyl halides is 7. The van der Waals surface area contributed by atoms with E-state index in [-0.39, 0.29) is 41.2 Å². The smallest absolute Gasteiger partial charge is 0.435 e. The molecule has 0 aliphatic carbocycles. The van der Waals surface area contributed by atoms with Crippen molar-refractivity contribution in [3.8, 4) is 16.9 Å². The molecule has 6 nitrogen and oxygen atoms in total. The highest BCUT2D eigenvalue weighted by Gasteiger charge is 2.73. The second kappa shape index (κ2) is 9.26. The SMILES string of the molecule is CCOC(=O)c1cc(-c2cn(-c3c(Cl)cc(C(F)(C(F)(F)F)C(F)(F)F)cc3Cl)nn2)cnc1C. The number of pyridine rings is 1. The number of aryl methyl sites for hydroxylation is 1. The molecule has 1 aromatic carbocycles. The molecule has 0 aliphatic heterocycles. The molecular weight excluding hydrogens is 532 g/mol. The Labute approximate surface area is 202 Å². The van der Waals surface area contributed by atoms with Crippen molar-refractivity contribution in [1.82, 2.24) is 20.0 Å². The molecule has 0 amide bonds. The summed E-state index contributed by atoms with van der Waals surface area (Å²) < 4.78 is 98.7. The third-order valence-corrected chi connectivity index (χ3v) is 5.37. The molecule has 3 rings (SSSR count). The Morgan fingerprint density at radius 3 is 2.11 bits per heavy atom. The van der Waals surface area contributed by atoms with E-state index in [9.17, 15) is 35.5 Å². The van der Waals surface area contributed by atoms with Crippen LogP contribution in [0.5, 0.6) is 0 Å². The molecule has 0 saturated heterocycles. The van der Waals surface area contributed by atoms with Crippen LogP contribution in [0, 0.1) is 6.92 Å². The van der Waals surface area contributed by atoms with Crippen molar-refractivity contribution in [1.29, 1.82) is 0 Å². The summed E-state index contributed by atoms with van der Waals surface area (Å²) >= 11 is 11.8. The van der Waals surface area contributed by atoms with Crippen LogP contribution in [-0.2, 0) is 10.4 Å². The highest BCUT2D eigenvalue weighted by atomic mass is 35.5. The highest BCUT2D eigenvalue weighted by molar-refractivity contribution is 6.37. The van der Waals surface area contributed by atoms with Gasteiger partial charge in [0, 0.05) is 17.3 Å². The number of hydrogen-bond donors (Lipinski definition) is 0. The van der Waals surface area contributed by atoms with E-state index < -0.39 is 39.6 Å². The van der Waals surface area contributed by atoms with Crippen LogP contribution < -0.4 is 0 Å². The predicted octanol–water partition coefficient (Wildman–Crippen LogP) is 6.41. The number of esters is 1. The molecule has 0 saturated carbocycles. The van der Waals surface area contributed by atoms with E-state index in [4.69, 9.17) is 27.9 Å². The van der Waals surface area contributed by atoms with Crippen molar-refractivity contribution in [2.24, 2.45) is 0 Å². The van der Waals surface area contributed by atoms with Gasteiger partial charge in [-0.1, -0.05) is 28.4 Å². The maximum absolute atomic E-state index is 14.4. The molecule has 0 radical (unpaired) electrons. The van der Waals surface area contributed by atoms with Gasteiger partial charge in [0.2, 0.25) is 0 Å². The number of carbonyl (C=O) groups is 1. The average molecular weight is 545 g/mol. The normalized spacial score (nSPS) is 12.7. The number of ether oxygens (including phenoxy) is 1. The molecule has 0 fully saturated rings. The van der Waals surface area contributed by atoms with Gasteiger partial charge in [0.25, 0.3) is 0 Å². The highest BCUT2D eigenvalue weighted by Crippen LogP contribution is 2.54. The third-order valence-electron chi connectivity index (χ3n) is 4.80. The summed E-state index contributed by atoms with van der Waals surface area (Å²) in [6.07, 6.45) is -10.1. The van der Waals surface area contributed by atoms with Gasteiger partial charge >= 0.3 is 24.0 Å². The van der Waals surface area contributed by atoms with Crippen LogP contribution in [-0.4, -0.2) is 44.9 Å². The molecule has 0 N–H and O–H groups in total. The molecule has 35 heavy (non-hydrogen) atoms. The lowest BCUT2D eigenvalue weighted by Gasteiger charge is -2.30. The third kappa shape index (κ3) is 4.79. The number of rotatable bonds is 5. The maximum Gasteiger partial charge on any atom is 0.435 e. The summed E-state index contributed by atoms with van der Waals surface area (Å²) in [5, 5.41) is 6.05. The number of benzene rings is 1. The summed E-state index contributed by atoms with van der Waals surface area (Å²) in [5.41, 5.74) is -7.03. The summed E-state index contributed by atoms with van der Waals surface area (Å²) in [6, 6.07) is 1.74. The Kier molecular flexibility index (Phi) is 7.06. The zero-order valence-electron chi connectivity index (χ0n) is 17.6. The summed E-state index contributed by atoms with van der Waals surface area (Å²) in [7, 11) is 0. The van der Waals surface area contributed by atoms with Gasteiger partial charge in [-0.2, -0.15) is 26.3 Å². The first-order valence-corrected chi connectivity index (χ1v) is 10.3. The number of halogens is 9. The van der Waals surface area contributed by atoms with Gasteiger partial charge in [-0.25, -0.2) is 13.9 Å². The largest absolute Gasteiger partial charge is 0.462 e. The average Bonchev–Trinajstić information content (AvgIpc) is 3.21. The lowest BCUT2D eigenvalue weighted by molar-refractivity contribution is -0.348. The Morgan fingerprint density at radius 1 is 1.03 bits per heavy atom. The molecule has 3 aromatic rings. The van der Waals surface area contributed by atoms with Crippen molar-refractivity contribution in [2.75, 3.05) is 6.61 Å². The molecule has 2 aromatic heterocycles. The Hall–Kier alpha value is -2.93. The van der Waals surface area contributed by atoms with E-state index in [1.165, 1.54) is 18.5 Å². The minimum atomic E-state index is -6.34. The topological polar surface area (TPSA) is 69.9 Å². The van der Waals surface area contributed by atoms with Gasteiger partial charge in [-0.05, 0) is 32.0 Å². The molecule has 0 bridgehead atoms. The van der Waals surface area contributed by atoms with Crippen molar-refractivity contribution < 1.29 is 40.3 Å². The second-order valence-electron chi connectivity index (χ2n) is 7.07. The van der Waals surface area contributed by atoms with Gasteiger partial charge in [0.05, 0.1) is 34.1 Å². The Morgan fingerprint density at radius 2 is 1.60 bits per heavy atom. The lowest BCUT2D eigenvalue weighted by Crippen LogP contribution is -2.50. The van der Waals surface area contributed by atoms with E-state index in [0.717, 1.165) is 4.68 Å². The van der Waals surface area contributed by atoms with Crippen LogP contribution in [0.2, 0.25) is 10.0 Å². The first-order chi connectivity index (χ1) is 16.1. The summed E-state index contributed by atoms with van der Waals surface area (Å²) in [5.74, 6) is -0.641. The first-order valence-electron chi connectivity index (χ1n) is 9.50. The molecule has 0 unspecified atom stereocenters. The minimum Gasteiger partial charge on any atom is -0.462 e. The molecule has 2 heterocycles. The van der Waals surface area contributed by atoms with Crippen molar-refractivity contribution >= 4 is 29.2 Å². The van der Waals surface area contributed by atoms with Gasteiger partial charge in [-0.3, -0.25) is 4.98 Å². The molecular formula is C20H13Cl2F7N4O2. The lowest BCUT2D eigenvalue weighted by atomic mass is 9.94. The first kappa shape index (κ1) is 26.7. The zero-order valence-corrected chi connectivity index (χ0v) is 19.1. The fourth-order valence-electron chi connectivity index (χ4n) is 3.07. The van der Waals surface area contributed by atoms with Crippen molar-refractivity contribution in [2.45, 2.75) is 31.9 Å². The van der Waals surface area contributed by atoms with Crippen LogP contribution >= 0.6 is 23.2 Å². The van der Waals surface area contributed by atoms with Crippen LogP contribution in [0.3, 0.4) is 0 Å². The Bertz CT molecular complexity index is 1240. The van der Waals surface area contributed by atoms with E-state index in [0.29, 0.717) is 5.69 Å². The molecule has 188 valence electrons.